The highest BCUT2D eigenvalue weighted by atomic mass is 32.1. The highest BCUT2D eigenvalue weighted by Gasteiger charge is 2.16. The number of amides is 2. The molecule has 3 rings (SSSR count). The van der Waals surface area contributed by atoms with Gasteiger partial charge in [0.15, 0.2) is 5.13 Å². The zero-order chi connectivity index (χ0) is 30.1. The number of carbonyl (C=O) groups is 2. The van der Waals surface area contributed by atoms with Crippen LogP contribution >= 0.6 is 11.3 Å². The van der Waals surface area contributed by atoms with Gasteiger partial charge in [0, 0.05) is 29.0 Å². The molecule has 8 nitrogen and oxygen atoms in total. The fourth-order valence-corrected chi connectivity index (χ4v) is 4.18. The third-order valence-electron chi connectivity index (χ3n) is 6.04. The predicted octanol–water partition coefficient (Wildman–Crippen LogP) is 6.89. The van der Waals surface area contributed by atoms with Crippen LogP contribution in [-0.4, -0.2) is 47.0 Å². The average molecular weight is 571 g/mol. The van der Waals surface area contributed by atoms with Gasteiger partial charge in [0.1, 0.15) is 5.69 Å². The number of anilines is 1. The third kappa shape index (κ3) is 13.3. The van der Waals surface area contributed by atoms with Crippen molar-refractivity contribution in [3.63, 3.8) is 0 Å². The molecule has 9 heteroatoms. The zero-order valence-corrected chi connectivity index (χ0v) is 26.7. The number of pyridine rings is 1. The van der Waals surface area contributed by atoms with Crippen molar-refractivity contribution in [2.24, 2.45) is 5.92 Å². The monoisotopic (exact) mass is 570 g/mol. The minimum Gasteiger partial charge on any atom is -0.348 e. The van der Waals surface area contributed by atoms with E-state index in [0.717, 1.165) is 17.3 Å². The maximum Gasteiger partial charge on any atom is 0.253 e. The predicted molar refractivity (Wildman–Crippen MR) is 169 cm³/mol. The van der Waals surface area contributed by atoms with Crippen molar-refractivity contribution in [3.05, 3.63) is 53.3 Å². The Bertz CT molecular complexity index is 1150. The molecule has 0 saturated carbocycles. The van der Waals surface area contributed by atoms with Crippen LogP contribution in [0.4, 0.5) is 5.13 Å². The summed E-state index contributed by atoms with van der Waals surface area (Å²) in [5, 5.41) is 10.4. The maximum atomic E-state index is 12.2. The van der Waals surface area contributed by atoms with Crippen LogP contribution in [0.1, 0.15) is 89.7 Å². The molecule has 0 aliphatic heterocycles. The molecule has 0 spiro atoms. The van der Waals surface area contributed by atoms with E-state index < -0.39 is 0 Å². The summed E-state index contributed by atoms with van der Waals surface area (Å²) in [4.78, 5) is 33.2. The van der Waals surface area contributed by atoms with E-state index >= 15 is 0 Å². The minimum atomic E-state index is -0.332. The molecule has 1 unspecified atom stereocenters. The largest absolute Gasteiger partial charge is 0.348 e. The van der Waals surface area contributed by atoms with Crippen molar-refractivity contribution in [1.82, 2.24) is 25.2 Å². The van der Waals surface area contributed by atoms with Crippen LogP contribution < -0.4 is 16.0 Å². The maximum absolute atomic E-state index is 12.2. The van der Waals surface area contributed by atoms with Gasteiger partial charge in [-0.25, -0.2) is 4.98 Å². The molecular weight excluding hydrogens is 520 g/mol. The summed E-state index contributed by atoms with van der Waals surface area (Å²) in [6.07, 6.45) is 10.6. The topological polar surface area (TPSA) is 101 Å². The summed E-state index contributed by atoms with van der Waals surface area (Å²) < 4.78 is 1.96. The second-order valence-corrected chi connectivity index (χ2v) is 11.8. The van der Waals surface area contributed by atoms with Gasteiger partial charge in [0.2, 0.25) is 5.91 Å². The average Bonchev–Trinajstić information content (AvgIpc) is 3.59. The highest BCUT2D eigenvalue weighted by Crippen LogP contribution is 2.23. The number of thiazole rings is 1. The Balaban J connectivity index is 0.000000562. The Morgan fingerprint density at radius 1 is 1.05 bits per heavy atom. The van der Waals surface area contributed by atoms with E-state index in [0.29, 0.717) is 16.4 Å². The number of carbonyl (C=O) groups excluding carboxylic acids is 2. The molecule has 40 heavy (non-hydrogen) atoms. The van der Waals surface area contributed by atoms with Gasteiger partial charge in [-0.2, -0.15) is 0 Å². The Hall–Kier alpha value is -3.04. The third-order valence-corrected chi connectivity index (χ3v) is 6.80. The molecule has 0 aliphatic carbocycles. The Labute approximate surface area is 245 Å². The molecule has 3 N–H and O–H groups in total. The zero-order valence-electron chi connectivity index (χ0n) is 25.9. The normalized spacial score (nSPS) is 11.4. The molecule has 222 valence electrons. The van der Waals surface area contributed by atoms with E-state index in [4.69, 9.17) is 0 Å². The Kier molecular flexibility index (Phi) is 16.0. The van der Waals surface area contributed by atoms with Crippen molar-refractivity contribution in [3.8, 4) is 11.4 Å². The number of hydrogen-bond acceptors (Lipinski definition) is 6. The van der Waals surface area contributed by atoms with Gasteiger partial charge < -0.3 is 20.5 Å². The fourth-order valence-electron chi connectivity index (χ4n) is 3.46. The second-order valence-electron chi connectivity index (χ2n) is 10.9. The molecule has 0 fully saturated rings. The van der Waals surface area contributed by atoms with Gasteiger partial charge in [0.05, 0.1) is 17.8 Å². The van der Waals surface area contributed by atoms with Crippen molar-refractivity contribution in [2.75, 3.05) is 26.0 Å². The smallest absolute Gasteiger partial charge is 0.253 e. The number of nitrogens with one attached hydrogen (secondary N) is 3. The lowest BCUT2D eigenvalue weighted by Gasteiger charge is -2.20. The fraction of sp³-hybridized carbons (Fsp3) is 0.548. The molecule has 0 aliphatic rings. The van der Waals surface area contributed by atoms with Crippen LogP contribution in [0, 0.1) is 12.8 Å². The van der Waals surface area contributed by atoms with Crippen LogP contribution in [-0.2, 0) is 10.3 Å². The van der Waals surface area contributed by atoms with Crippen molar-refractivity contribution < 1.29 is 9.59 Å². The summed E-state index contributed by atoms with van der Waals surface area (Å²) in [6, 6.07) is 7.44. The molecule has 3 aromatic heterocycles. The van der Waals surface area contributed by atoms with E-state index in [1.807, 2.05) is 55.4 Å². The van der Waals surface area contributed by atoms with Crippen molar-refractivity contribution in [2.45, 2.75) is 86.1 Å². The number of nitrogens with zero attached hydrogens (tertiary/aromatic N) is 3. The van der Waals surface area contributed by atoms with E-state index in [2.05, 4.69) is 67.5 Å². The number of aromatic nitrogens is 3. The summed E-state index contributed by atoms with van der Waals surface area (Å²) in [5.41, 5.74) is 2.78. The first-order chi connectivity index (χ1) is 18.9. The minimum absolute atomic E-state index is 0.107. The van der Waals surface area contributed by atoms with E-state index in [1.165, 1.54) is 43.4 Å². The first-order valence-electron chi connectivity index (χ1n) is 14.2. The van der Waals surface area contributed by atoms with E-state index in [9.17, 15) is 9.59 Å². The van der Waals surface area contributed by atoms with Crippen LogP contribution in [0.2, 0.25) is 0 Å². The Morgan fingerprint density at radius 3 is 2.33 bits per heavy atom. The summed E-state index contributed by atoms with van der Waals surface area (Å²) in [7, 11) is 3.75. The highest BCUT2D eigenvalue weighted by molar-refractivity contribution is 7.14. The van der Waals surface area contributed by atoms with Crippen molar-refractivity contribution in [1.29, 1.82) is 0 Å². The van der Waals surface area contributed by atoms with Gasteiger partial charge in [-0.3, -0.25) is 14.6 Å². The summed E-state index contributed by atoms with van der Waals surface area (Å²) >= 11 is 1.32. The van der Waals surface area contributed by atoms with E-state index in [1.54, 1.807) is 12.3 Å². The molecule has 0 radical (unpaired) electrons. The van der Waals surface area contributed by atoms with Gasteiger partial charge >= 0.3 is 0 Å². The molecule has 3 aromatic rings. The number of aryl methyl sites for hydroxylation is 1. The second kappa shape index (κ2) is 18.3. The number of rotatable bonds is 10. The standard InChI is InChI=1S/C20H23N5O2S.C9H20.C2H7N/c1-13-6-5-7-15(22-13)16-12-28-19(23-16)24-17(26)10-21-18(27)14-8-9-25(11-14)20(2,3)4;1-4-6-7-8-9(3)5-2;1-3-2/h5-9,11-12H,10H2,1-4H3,(H,21,27)(H,23,24,26);9H,4-8H2,1-3H3;3H,1-2H3. The molecule has 1 atom stereocenters. The van der Waals surface area contributed by atoms with Gasteiger partial charge in [-0.1, -0.05) is 58.9 Å². The summed E-state index contributed by atoms with van der Waals surface area (Å²) in [6.45, 7) is 14.8. The quantitative estimate of drug-likeness (QED) is 0.231. The van der Waals surface area contributed by atoms with Gasteiger partial charge in [-0.05, 0) is 65.9 Å². The molecule has 2 amide bonds. The Morgan fingerprint density at radius 2 is 1.75 bits per heavy atom. The van der Waals surface area contributed by atoms with Crippen LogP contribution in [0.25, 0.3) is 11.4 Å². The first kappa shape index (κ1) is 35.0. The molecule has 0 saturated heterocycles. The van der Waals surface area contributed by atoms with Gasteiger partial charge in [0.25, 0.3) is 5.91 Å². The molecule has 3 heterocycles. The number of unbranched alkanes of at least 4 members (excludes halogenated alkanes) is 2. The lowest BCUT2D eigenvalue weighted by molar-refractivity contribution is -0.115. The van der Waals surface area contributed by atoms with Crippen molar-refractivity contribution >= 4 is 28.3 Å². The van der Waals surface area contributed by atoms with E-state index in [-0.39, 0.29) is 23.9 Å². The first-order valence-corrected chi connectivity index (χ1v) is 15.1. The lowest BCUT2D eigenvalue weighted by Crippen LogP contribution is -2.32. The van der Waals surface area contributed by atoms with Crippen LogP contribution in [0.15, 0.2) is 42.0 Å². The molecular formula is C31H50N6O2S. The van der Waals surface area contributed by atoms with Crippen LogP contribution in [0.3, 0.4) is 0 Å². The SMILES string of the molecule is CCCCCC(C)CC.CNC.Cc1cccc(-c2csc(NC(=O)CNC(=O)c3ccn(C(C)(C)C)c3)n2)n1. The summed E-state index contributed by atoms with van der Waals surface area (Å²) in [5.74, 6) is 0.334. The number of hydrogen-bond donors (Lipinski definition) is 3. The lowest BCUT2D eigenvalue weighted by atomic mass is 10.0. The van der Waals surface area contributed by atoms with Crippen LogP contribution in [0.5, 0.6) is 0 Å². The molecule has 0 bridgehead atoms. The van der Waals surface area contributed by atoms with Gasteiger partial charge in [-0.15, -0.1) is 11.3 Å². The molecule has 0 aromatic carbocycles.